The molecule has 1 aromatic carbocycles. The van der Waals surface area contributed by atoms with Gasteiger partial charge in [-0.2, -0.15) is 0 Å². The van der Waals surface area contributed by atoms with E-state index in [1.807, 2.05) is 4.90 Å². The summed E-state index contributed by atoms with van der Waals surface area (Å²) in [7, 11) is 0. The second-order valence-electron chi connectivity index (χ2n) is 6.26. The van der Waals surface area contributed by atoms with Gasteiger partial charge in [-0.15, -0.1) is 0 Å². The van der Waals surface area contributed by atoms with Crippen LogP contribution in [-0.2, 0) is 4.79 Å². The second kappa shape index (κ2) is 6.66. The van der Waals surface area contributed by atoms with Crippen LogP contribution in [0.1, 0.15) is 29.6 Å². The van der Waals surface area contributed by atoms with Gasteiger partial charge >= 0.3 is 0 Å². The Balaban J connectivity index is 1.72. The first-order valence-corrected chi connectivity index (χ1v) is 8.15. The Morgan fingerprint density at radius 3 is 2.83 bits per heavy atom. The fourth-order valence-electron chi connectivity index (χ4n) is 3.77. The van der Waals surface area contributed by atoms with Crippen molar-refractivity contribution in [2.45, 2.75) is 25.3 Å². The van der Waals surface area contributed by atoms with Gasteiger partial charge in [-0.25, -0.2) is 4.39 Å². The maximum Gasteiger partial charge on any atom is 0.256 e. The molecule has 5 nitrogen and oxygen atoms in total. The molecule has 2 heterocycles. The third-order valence-electron chi connectivity index (χ3n) is 4.90. The molecule has 0 spiro atoms. The Bertz CT molecular complexity index is 607. The van der Waals surface area contributed by atoms with Gasteiger partial charge in [0.15, 0.2) is 0 Å². The van der Waals surface area contributed by atoms with E-state index < -0.39 is 5.82 Å². The molecule has 3 rings (SSSR count). The largest absolute Gasteiger partial charge is 0.338 e. The summed E-state index contributed by atoms with van der Waals surface area (Å²) in [5.74, 6) is -0.332. The van der Waals surface area contributed by atoms with E-state index >= 15 is 0 Å². The van der Waals surface area contributed by atoms with Crippen molar-refractivity contribution >= 4 is 11.8 Å². The molecule has 124 valence electrons. The molecule has 2 N–H and O–H groups in total. The molecule has 6 heteroatoms. The lowest BCUT2D eigenvalue weighted by Crippen LogP contribution is -2.57. The van der Waals surface area contributed by atoms with Crippen molar-refractivity contribution < 1.29 is 14.0 Å². The minimum atomic E-state index is -0.483. The Morgan fingerprint density at radius 2 is 2.09 bits per heavy atom. The first-order valence-electron chi connectivity index (χ1n) is 8.15. The SMILES string of the molecule is NCCN1C(=O)CC[C@H]2CN(C(=O)c3ccccc3F)CC[C@H]21. The number of carbonyl (C=O) groups excluding carboxylic acids is 2. The normalized spacial score (nSPS) is 24.5. The van der Waals surface area contributed by atoms with Gasteiger partial charge in [0, 0.05) is 38.6 Å². The van der Waals surface area contributed by atoms with Gasteiger partial charge in [0.05, 0.1) is 5.56 Å². The highest BCUT2D eigenvalue weighted by Crippen LogP contribution is 2.31. The van der Waals surface area contributed by atoms with Crippen LogP contribution in [0, 0.1) is 11.7 Å². The van der Waals surface area contributed by atoms with Gasteiger partial charge in [-0.3, -0.25) is 9.59 Å². The maximum atomic E-state index is 13.8. The van der Waals surface area contributed by atoms with Crippen LogP contribution in [0.2, 0.25) is 0 Å². The van der Waals surface area contributed by atoms with Crippen molar-refractivity contribution in [3.05, 3.63) is 35.6 Å². The number of nitrogens with two attached hydrogens (primary N) is 1. The van der Waals surface area contributed by atoms with E-state index in [2.05, 4.69) is 0 Å². The lowest BCUT2D eigenvalue weighted by Gasteiger charge is -2.47. The van der Waals surface area contributed by atoms with Gasteiger partial charge < -0.3 is 15.5 Å². The first-order chi connectivity index (χ1) is 11.1. The molecule has 2 amide bonds. The highest BCUT2D eigenvalue weighted by Gasteiger charge is 2.40. The van der Waals surface area contributed by atoms with Crippen molar-refractivity contribution in [3.8, 4) is 0 Å². The molecule has 0 saturated carbocycles. The summed E-state index contributed by atoms with van der Waals surface area (Å²) in [5.41, 5.74) is 5.73. The zero-order chi connectivity index (χ0) is 16.4. The lowest BCUT2D eigenvalue weighted by molar-refractivity contribution is -0.140. The van der Waals surface area contributed by atoms with E-state index in [-0.39, 0.29) is 29.3 Å². The Hall–Kier alpha value is -1.95. The van der Waals surface area contributed by atoms with Crippen molar-refractivity contribution in [1.82, 2.24) is 9.80 Å². The number of hydrogen-bond acceptors (Lipinski definition) is 3. The van der Waals surface area contributed by atoms with Gasteiger partial charge in [0.2, 0.25) is 5.91 Å². The maximum absolute atomic E-state index is 13.8. The molecular weight excluding hydrogens is 297 g/mol. The molecule has 2 saturated heterocycles. The molecule has 0 aliphatic carbocycles. The van der Waals surface area contributed by atoms with Crippen LogP contribution < -0.4 is 5.73 Å². The second-order valence-corrected chi connectivity index (χ2v) is 6.26. The van der Waals surface area contributed by atoms with Gasteiger partial charge in [-0.1, -0.05) is 12.1 Å². The smallest absolute Gasteiger partial charge is 0.256 e. The fourth-order valence-corrected chi connectivity index (χ4v) is 3.77. The number of amides is 2. The molecule has 2 aliphatic rings. The first kappa shape index (κ1) is 15.9. The number of hydrogen-bond donors (Lipinski definition) is 1. The van der Waals surface area contributed by atoms with Gasteiger partial charge in [-0.05, 0) is 30.9 Å². The van der Waals surface area contributed by atoms with Crippen molar-refractivity contribution in [3.63, 3.8) is 0 Å². The predicted molar refractivity (Wildman–Crippen MR) is 84.2 cm³/mol. The molecule has 2 fully saturated rings. The lowest BCUT2D eigenvalue weighted by atomic mass is 9.83. The number of halogens is 1. The van der Waals surface area contributed by atoms with E-state index in [1.165, 1.54) is 12.1 Å². The molecule has 0 unspecified atom stereocenters. The molecule has 2 aliphatic heterocycles. The van der Waals surface area contributed by atoms with Crippen molar-refractivity contribution in [2.75, 3.05) is 26.2 Å². The minimum Gasteiger partial charge on any atom is -0.338 e. The number of nitrogens with zero attached hydrogens (tertiary/aromatic N) is 2. The van der Waals surface area contributed by atoms with Crippen molar-refractivity contribution in [1.29, 1.82) is 0 Å². The number of fused-ring (bicyclic) bond motifs is 1. The highest BCUT2D eigenvalue weighted by molar-refractivity contribution is 5.94. The Labute approximate surface area is 135 Å². The standard InChI is InChI=1S/C17H22FN3O2/c18-14-4-2-1-3-13(14)17(23)20-9-7-15-12(11-20)5-6-16(22)21(15)10-8-19/h1-4,12,15H,5-11,19H2/t12-,15+/m0/s1. The Kier molecular flexibility index (Phi) is 4.61. The summed E-state index contributed by atoms with van der Waals surface area (Å²) < 4.78 is 13.8. The predicted octanol–water partition coefficient (Wildman–Crippen LogP) is 1.24. The van der Waals surface area contributed by atoms with E-state index in [0.29, 0.717) is 32.6 Å². The van der Waals surface area contributed by atoms with Crippen molar-refractivity contribution in [2.24, 2.45) is 11.7 Å². The third-order valence-corrected chi connectivity index (χ3v) is 4.90. The number of likely N-dealkylation sites (tertiary alicyclic amines) is 2. The fraction of sp³-hybridized carbons (Fsp3) is 0.529. The summed E-state index contributed by atoms with van der Waals surface area (Å²) in [6.07, 6.45) is 2.02. The molecule has 23 heavy (non-hydrogen) atoms. The summed E-state index contributed by atoms with van der Waals surface area (Å²) in [6.45, 7) is 2.14. The third kappa shape index (κ3) is 3.08. The number of piperidine rings is 2. The highest BCUT2D eigenvalue weighted by atomic mass is 19.1. The summed E-state index contributed by atoms with van der Waals surface area (Å²) in [5, 5.41) is 0. The zero-order valence-electron chi connectivity index (χ0n) is 13.1. The molecular formula is C17H22FN3O2. The van der Waals surface area contributed by atoms with E-state index in [9.17, 15) is 14.0 Å². The summed E-state index contributed by atoms with van der Waals surface area (Å²) in [4.78, 5) is 28.2. The van der Waals surface area contributed by atoms with E-state index in [4.69, 9.17) is 5.73 Å². The average Bonchev–Trinajstić information content (AvgIpc) is 2.57. The minimum absolute atomic E-state index is 0.122. The van der Waals surface area contributed by atoms with E-state index in [1.54, 1.807) is 17.0 Å². The Morgan fingerprint density at radius 1 is 1.30 bits per heavy atom. The van der Waals surface area contributed by atoms with Gasteiger partial charge in [0.25, 0.3) is 5.91 Å². The molecule has 0 bridgehead atoms. The number of carbonyl (C=O) groups is 2. The quantitative estimate of drug-likeness (QED) is 0.911. The zero-order valence-corrected chi connectivity index (χ0v) is 13.1. The molecule has 0 radical (unpaired) electrons. The number of benzene rings is 1. The van der Waals surface area contributed by atoms with Crippen LogP contribution in [0.15, 0.2) is 24.3 Å². The van der Waals surface area contributed by atoms with Crippen LogP contribution in [0.5, 0.6) is 0 Å². The number of rotatable bonds is 3. The molecule has 2 atom stereocenters. The van der Waals surface area contributed by atoms with Crippen LogP contribution in [0.3, 0.4) is 0 Å². The summed E-state index contributed by atoms with van der Waals surface area (Å²) >= 11 is 0. The van der Waals surface area contributed by atoms with Crippen LogP contribution >= 0.6 is 0 Å². The monoisotopic (exact) mass is 319 g/mol. The topological polar surface area (TPSA) is 66.6 Å². The van der Waals surface area contributed by atoms with Crippen LogP contribution in [-0.4, -0.2) is 53.8 Å². The molecule has 1 aromatic rings. The summed E-state index contributed by atoms with van der Waals surface area (Å²) in [6, 6.07) is 6.24. The molecule has 0 aromatic heterocycles. The van der Waals surface area contributed by atoms with Crippen LogP contribution in [0.25, 0.3) is 0 Å². The average molecular weight is 319 g/mol. The van der Waals surface area contributed by atoms with Gasteiger partial charge in [0.1, 0.15) is 5.82 Å². The van der Waals surface area contributed by atoms with Crippen LogP contribution in [0.4, 0.5) is 4.39 Å². The van der Waals surface area contributed by atoms with E-state index in [0.717, 1.165) is 12.8 Å².